The van der Waals surface area contributed by atoms with Crippen LogP contribution >= 0.6 is 0 Å². The van der Waals surface area contributed by atoms with E-state index in [1.54, 1.807) is 0 Å². The van der Waals surface area contributed by atoms with E-state index >= 15 is 0 Å². The Hall–Kier alpha value is -1.59. The molecule has 0 fully saturated rings. The van der Waals surface area contributed by atoms with Gasteiger partial charge in [-0.3, -0.25) is 5.26 Å². The van der Waals surface area contributed by atoms with E-state index < -0.39 is 12.1 Å². The minimum absolute atomic E-state index is 0.0193. The Labute approximate surface area is 73.7 Å². The average molecular weight is 184 g/mol. The second kappa shape index (κ2) is 3.88. The van der Waals surface area contributed by atoms with Crippen LogP contribution in [0.1, 0.15) is 11.7 Å². The van der Waals surface area contributed by atoms with Crippen LogP contribution in [0.3, 0.4) is 0 Å². The summed E-state index contributed by atoms with van der Waals surface area (Å²) in [5.41, 5.74) is 0.257. The third kappa shape index (κ3) is 2.17. The Bertz CT molecular complexity index is 292. The summed E-state index contributed by atoms with van der Waals surface area (Å²) in [4.78, 5) is 14.2. The van der Waals surface area contributed by atoms with Crippen molar-refractivity contribution in [2.24, 2.45) is 0 Å². The molecule has 0 saturated carbocycles. The lowest BCUT2D eigenvalue weighted by atomic mass is 10.1. The van der Waals surface area contributed by atoms with Gasteiger partial charge in [0.2, 0.25) is 6.10 Å². The van der Waals surface area contributed by atoms with Crippen molar-refractivity contribution in [2.75, 3.05) is 0 Å². The predicted molar refractivity (Wildman–Crippen MR) is 42.2 cm³/mol. The second-order valence-electron chi connectivity index (χ2n) is 2.42. The third-order valence-electron chi connectivity index (χ3n) is 1.53. The summed E-state index contributed by atoms with van der Waals surface area (Å²) in [7, 11) is 0. The van der Waals surface area contributed by atoms with Crippen molar-refractivity contribution in [3.63, 3.8) is 0 Å². The van der Waals surface area contributed by atoms with E-state index in [9.17, 15) is 4.79 Å². The quantitative estimate of drug-likeness (QED) is 0.482. The van der Waals surface area contributed by atoms with E-state index in [1.165, 1.54) is 24.3 Å². The summed E-state index contributed by atoms with van der Waals surface area (Å²) in [6, 6.07) is 5.32. The fourth-order valence-electron chi connectivity index (χ4n) is 0.898. The van der Waals surface area contributed by atoms with E-state index in [-0.39, 0.29) is 11.3 Å². The summed E-state index contributed by atoms with van der Waals surface area (Å²) < 4.78 is 0. The molecule has 0 spiro atoms. The number of hydrogen-bond donors (Lipinski definition) is 3. The highest BCUT2D eigenvalue weighted by molar-refractivity contribution is 5.74. The molecular formula is C8H8O5. The van der Waals surface area contributed by atoms with E-state index in [4.69, 9.17) is 15.5 Å². The number of aromatic hydroxyl groups is 1. The lowest BCUT2D eigenvalue weighted by Gasteiger charge is -2.07. The van der Waals surface area contributed by atoms with Crippen LogP contribution in [0.5, 0.6) is 5.75 Å². The largest absolute Gasteiger partial charge is 0.508 e. The molecule has 13 heavy (non-hydrogen) atoms. The van der Waals surface area contributed by atoms with Gasteiger partial charge < -0.3 is 10.2 Å². The van der Waals surface area contributed by atoms with Crippen LogP contribution in [0.25, 0.3) is 0 Å². The summed E-state index contributed by atoms with van der Waals surface area (Å²) in [6.07, 6.45) is -1.42. The van der Waals surface area contributed by atoms with Crippen LogP contribution in [0, 0.1) is 0 Å². The highest BCUT2D eigenvalue weighted by Crippen LogP contribution is 2.19. The van der Waals surface area contributed by atoms with Crippen LogP contribution in [0.2, 0.25) is 0 Å². The molecule has 0 radical (unpaired) electrons. The first-order valence-corrected chi connectivity index (χ1v) is 3.47. The number of carboxylic acids is 1. The Morgan fingerprint density at radius 3 is 2.23 bits per heavy atom. The average Bonchev–Trinajstić information content (AvgIpc) is 2.09. The van der Waals surface area contributed by atoms with Crippen molar-refractivity contribution in [3.05, 3.63) is 29.8 Å². The zero-order chi connectivity index (χ0) is 9.84. The van der Waals surface area contributed by atoms with Crippen molar-refractivity contribution in [1.82, 2.24) is 0 Å². The molecule has 1 aromatic carbocycles. The highest BCUT2D eigenvalue weighted by atomic mass is 17.1. The standard InChI is InChI=1S/C8H8O5/c9-6-3-1-5(2-4-6)7(13-12)8(10)11/h1-4,7,9,12H,(H,10,11). The molecule has 0 amide bonds. The van der Waals surface area contributed by atoms with Gasteiger partial charge in [-0.05, 0) is 17.7 Å². The zero-order valence-corrected chi connectivity index (χ0v) is 6.54. The summed E-state index contributed by atoms with van der Waals surface area (Å²) in [5, 5.41) is 25.7. The van der Waals surface area contributed by atoms with Gasteiger partial charge in [0.05, 0.1) is 0 Å². The monoisotopic (exact) mass is 184 g/mol. The molecule has 5 heteroatoms. The molecule has 0 bridgehead atoms. The van der Waals surface area contributed by atoms with Gasteiger partial charge in [0.15, 0.2) is 0 Å². The second-order valence-corrected chi connectivity index (χ2v) is 2.42. The molecule has 70 valence electrons. The number of benzene rings is 1. The van der Waals surface area contributed by atoms with Gasteiger partial charge in [0.1, 0.15) is 5.75 Å². The van der Waals surface area contributed by atoms with Crippen molar-refractivity contribution >= 4 is 5.97 Å². The summed E-state index contributed by atoms with van der Waals surface area (Å²) >= 11 is 0. The van der Waals surface area contributed by atoms with E-state index in [2.05, 4.69) is 4.89 Å². The fourth-order valence-corrected chi connectivity index (χ4v) is 0.898. The van der Waals surface area contributed by atoms with Crippen molar-refractivity contribution in [1.29, 1.82) is 0 Å². The Balaban J connectivity index is 2.92. The molecule has 0 aromatic heterocycles. The normalized spacial score (nSPS) is 12.4. The van der Waals surface area contributed by atoms with Gasteiger partial charge in [-0.25, -0.2) is 9.68 Å². The van der Waals surface area contributed by atoms with Crippen LogP contribution in [0.15, 0.2) is 24.3 Å². The van der Waals surface area contributed by atoms with Gasteiger partial charge in [0.25, 0.3) is 0 Å². The van der Waals surface area contributed by atoms with E-state index in [1.807, 2.05) is 0 Å². The molecule has 0 aliphatic heterocycles. The van der Waals surface area contributed by atoms with Crippen LogP contribution in [-0.4, -0.2) is 21.4 Å². The van der Waals surface area contributed by atoms with Gasteiger partial charge in [0, 0.05) is 0 Å². The van der Waals surface area contributed by atoms with Gasteiger partial charge in [-0.15, -0.1) is 0 Å². The maximum absolute atomic E-state index is 10.5. The Morgan fingerprint density at radius 2 is 1.85 bits per heavy atom. The molecule has 0 heterocycles. The molecule has 3 N–H and O–H groups in total. The molecule has 0 aliphatic rings. The molecule has 1 atom stereocenters. The smallest absolute Gasteiger partial charge is 0.340 e. The number of rotatable bonds is 3. The number of carboxylic acid groups (broad SMARTS) is 1. The molecule has 0 aliphatic carbocycles. The van der Waals surface area contributed by atoms with Crippen LogP contribution in [0.4, 0.5) is 0 Å². The number of phenols is 1. The van der Waals surface area contributed by atoms with Crippen molar-refractivity contribution in [3.8, 4) is 5.75 Å². The van der Waals surface area contributed by atoms with Gasteiger partial charge >= 0.3 is 5.97 Å². The first-order chi connectivity index (χ1) is 6.15. The topological polar surface area (TPSA) is 87.0 Å². The fraction of sp³-hybridized carbons (Fsp3) is 0.125. The number of hydrogen-bond acceptors (Lipinski definition) is 4. The van der Waals surface area contributed by atoms with Gasteiger partial charge in [-0.2, -0.15) is 0 Å². The summed E-state index contributed by atoms with van der Waals surface area (Å²) in [6.45, 7) is 0. The van der Waals surface area contributed by atoms with Crippen LogP contribution < -0.4 is 0 Å². The maximum Gasteiger partial charge on any atom is 0.340 e. The molecule has 5 nitrogen and oxygen atoms in total. The first-order valence-electron chi connectivity index (χ1n) is 3.47. The zero-order valence-electron chi connectivity index (χ0n) is 6.54. The van der Waals surface area contributed by atoms with Crippen molar-refractivity contribution in [2.45, 2.75) is 6.10 Å². The highest BCUT2D eigenvalue weighted by Gasteiger charge is 2.20. The SMILES string of the molecule is O=C(O)C(OO)c1ccc(O)cc1. The van der Waals surface area contributed by atoms with E-state index in [0.717, 1.165) is 0 Å². The lowest BCUT2D eigenvalue weighted by molar-refractivity contribution is -0.279. The molecule has 1 rings (SSSR count). The Morgan fingerprint density at radius 1 is 1.31 bits per heavy atom. The minimum Gasteiger partial charge on any atom is -0.508 e. The molecule has 0 saturated heterocycles. The third-order valence-corrected chi connectivity index (χ3v) is 1.53. The molecule has 1 unspecified atom stereocenters. The number of phenolic OH excluding ortho intramolecular Hbond substituents is 1. The number of aliphatic carboxylic acids is 1. The van der Waals surface area contributed by atoms with Gasteiger partial charge in [-0.1, -0.05) is 12.1 Å². The molecular weight excluding hydrogens is 176 g/mol. The van der Waals surface area contributed by atoms with E-state index in [0.29, 0.717) is 0 Å². The maximum atomic E-state index is 10.5. The van der Waals surface area contributed by atoms with Crippen LogP contribution in [-0.2, 0) is 9.68 Å². The lowest BCUT2D eigenvalue weighted by Crippen LogP contribution is -2.13. The predicted octanol–water partition coefficient (Wildman–Crippen LogP) is 1.01. The minimum atomic E-state index is -1.42. The Kier molecular flexibility index (Phi) is 2.84. The summed E-state index contributed by atoms with van der Waals surface area (Å²) in [5.74, 6) is -1.28. The molecule has 1 aromatic rings. The van der Waals surface area contributed by atoms with Crippen molar-refractivity contribution < 1.29 is 25.2 Å². The first kappa shape index (κ1) is 9.50. The number of carbonyl (C=O) groups is 1.